The van der Waals surface area contributed by atoms with Gasteiger partial charge >= 0.3 is 5.97 Å². The highest BCUT2D eigenvalue weighted by molar-refractivity contribution is 5.71. The van der Waals surface area contributed by atoms with E-state index in [0.29, 0.717) is 13.1 Å². The summed E-state index contributed by atoms with van der Waals surface area (Å²) >= 11 is 0. The number of carbonyl (C=O) groups is 1. The number of carbonyl (C=O) groups excluding carboxylic acids is 1. The fourth-order valence-corrected chi connectivity index (χ4v) is 1.57. The van der Waals surface area contributed by atoms with E-state index in [1.54, 1.807) is 6.20 Å². The van der Waals surface area contributed by atoms with Gasteiger partial charge in [-0.05, 0) is 18.2 Å². The largest absolute Gasteiger partial charge is 0.468 e. The number of nitrogens with zero attached hydrogens (tertiary/aromatic N) is 2. The molecule has 0 aliphatic carbocycles. The predicted octanol–water partition coefficient (Wildman–Crippen LogP) is 0.535. The van der Waals surface area contributed by atoms with Crippen molar-refractivity contribution >= 4 is 5.97 Å². The van der Waals surface area contributed by atoms with E-state index in [1.807, 2.05) is 24.0 Å². The first-order chi connectivity index (χ1) is 8.21. The lowest BCUT2D eigenvalue weighted by Crippen LogP contribution is -2.30. The van der Waals surface area contributed by atoms with E-state index in [4.69, 9.17) is 5.73 Å². The SMILES string of the molecule is CCN(CC(=O)OC)Cc1cccnc1CN. The normalized spacial score (nSPS) is 10.6. The minimum absolute atomic E-state index is 0.231. The van der Waals surface area contributed by atoms with Crippen LogP contribution in [0.2, 0.25) is 0 Å². The number of methoxy groups -OCH3 is 1. The summed E-state index contributed by atoms with van der Waals surface area (Å²) in [6.07, 6.45) is 1.72. The van der Waals surface area contributed by atoms with E-state index in [0.717, 1.165) is 17.8 Å². The Morgan fingerprint density at radius 2 is 2.35 bits per heavy atom. The van der Waals surface area contributed by atoms with Crippen LogP contribution in [0.5, 0.6) is 0 Å². The quantitative estimate of drug-likeness (QED) is 0.731. The van der Waals surface area contributed by atoms with Crippen molar-refractivity contribution in [2.45, 2.75) is 20.0 Å². The number of rotatable bonds is 6. The minimum Gasteiger partial charge on any atom is -0.468 e. The minimum atomic E-state index is -0.231. The number of likely N-dealkylation sites (N-methyl/N-ethyl adjacent to an activating group) is 1. The molecule has 1 aromatic rings. The Morgan fingerprint density at radius 3 is 2.94 bits per heavy atom. The van der Waals surface area contributed by atoms with Crippen molar-refractivity contribution in [1.82, 2.24) is 9.88 Å². The molecule has 2 N–H and O–H groups in total. The molecule has 1 heterocycles. The summed E-state index contributed by atoms with van der Waals surface area (Å²) in [4.78, 5) is 17.4. The fraction of sp³-hybridized carbons (Fsp3) is 0.500. The van der Waals surface area contributed by atoms with Crippen LogP contribution >= 0.6 is 0 Å². The molecule has 1 rings (SSSR count). The number of esters is 1. The third-order valence-corrected chi connectivity index (χ3v) is 2.60. The molecule has 0 unspecified atom stereocenters. The summed E-state index contributed by atoms with van der Waals surface area (Å²) in [5.41, 5.74) is 7.55. The molecule has 0 fully saturated rings. The molecular formula is C12H19N3O2. The lowest BCUT2D eigenvalue weighted by molar-refractivity contribution is -0.142. The van der Waals surface area contributed by atoms with Gasteiger partial charge in [-0.3, -0.25) is 14.7 Å². The molecule has 0 atom stereocenters. The Bertz CT molecular complexity index is 369. The van der Waals surface area contributed by atoms with Crippen LogP contribution in [-0.2, 0) is 22.6 Å². The van der Waals surface area contributed by atoms with Gasteiger partial charge < -0.3 is 10.5 Å². The van der Waals surface area contributed by atoms with Gasteiger partial charge in [0.15, 0.2) is 0 Å². The fourth-order valence-electron chi connectivity index (χ4n) is 1.57. The number of pyridine rings is 1. The van der Waals surface area contributed by atoms with Crippen molar-refractivity contribution in [2.24, 2.45) is 5.73 Å². The van der Waals surface area contributed by atoms with Gasteiger partial charge in [0.05, 0.1) is 19.3 Å². The topological polar surface area (TPSA) is 68.5 Å². The van der Waals surface area contributed by atoms with E-state index in [-0.39, 0.29) is 12.5 Å². The molecule has 0 aliphatic heterocycles. The van der Waals surface area contributed by atoms with Crippen molar-refractivity contribution in [3.63, 3.8) is 0 Å². The average Bonchev–Trinajstić information content (AvgIpc) is 2.38. The second-order valence-electron chi connectivity index (χ2n) is 3.69. The Morgan fingerprint density at radius 1 is 1.59 bits per heavy atom. The summed E-state index contributed by atoms with van der Waals surface area (Å²) in [6, 6.07) is 3.86. The first kappa shape index (κ1) is 13.6. The molecule has 0 aromatic carbocycles. The lowest BCUT2D eigenvalue weighted by Gasteiger charge is -2.19. The third-order valence-electron chi connectivity index (χ3n) is 2.60. The lowest BCUT2D eigenvalue weighted by atomic mass is 10.2. The van der Waals surface area contributed by atoms with Crippen LogP contribution in [0, 0.1) is 0 Å². The molecule has 1 aromatic heterocycles. The molecule has 94 valence electrons. The molecule has 0 aliphatic rings. The third kappa shape index (κ3) is 4.13. The number of ether oxygens (including phenoxy) is 1. The zero-order chi connectivity index (χ0) is 12.7. The van der Waals surface area contributed by atoms with Gasteiger partial charge in [0.1, 0.15) is 0 Å². The number of hydrogen-bond donors (Lipinski definition) is 1. The van der Waals surface area contributed by atoms with Crippen LogP contribution in [0.15, 0.2) is 18.3 Å². The molecule has 17 heavy (non-hydrogen) atoms. The maximum Gasteiger partial charge on any atom is 0.319 e. The van der Waals surface area contributed by atoms with Crippen molar-refractivity contribution in [3.8, 4) is 0 Å². The van der Waals surface area contributed by atoms with Gasteiger partial charge in [0, 0.05) is 19.3 Å². The molecule has 0 saturated carbocycles. The Labute approximate surface area is 102 Å². The summed E-state index contributed by atoms with van der Waals surface area (Å²) in [5.74, 6) is -0.231. The Kier molecular flexibility index (Phi) is 5.59. The van der Waals surface area contributed by atoms with Crippen LogP contribution in [0.3, 0.4) is 0 Å². The van der Waals surface area contributed by atoms with Crippen LogP contribution < -0.4 is 5.73 Å². The predicted molar refractivity (Wildman–Crippen MR) is 65.1 cm³/mol. The van der Waals surface area contributed by atoms with E-state index in [1.165, 1.54) is 7.11 Å². The highest BCUT2D eigenvalue weighted by atomic mass is 16.5. The molecule has 0 amide bonds. The molecule has 0 saturated heterocycles. The summed E-state index contributed by atoms with van der Waals surface area (Å²) in [7, 11) is 1.39. The Hall–Kier alpha value is -1.46. The number of aromatic nitrogens is 1. The zero-order valence-electron chi connectivity index (χ0n) is 10.3. The van der Waals surface area contributed by atoms with Gasteiger partial charge in [-0.25, -0.2) is 0 Å². The van der Waals surface area contributed by atoms with E-state index in [2.05, 4.69) is 9.72 Å². The molecule has 0 radical (unpaired) electrons. The molecule has 0 spiro atoms. The molecule has 0 bridgehead atoms. The van der Waals surface area contributed by atoms with Crippen LogP contribution in [0.4, 0.5) is 0 Å². The second kappa shape index (κ2) is 6.98. The molecular weight excluding hydrogens is 218 g/mol. The van der Waals surface area contributed by atoms with Crippen molar-refractivity contribution in [3.05, 3.63) is 29.6 Å². The Balaban J connectivity index is 2.69. The highest BCUT2D eigenvalue weighted by Crippen LogP contribution is 2.08. The van der Waals surface area contributed by atoms with Gasteiger partial charge in [-0.15, -0.1) is 0 Å². The first-order valence-electron chi connectivity index (χ1n) is 5.63. The van der Waals surface area contributed by atoms with Gasteiger partial charge in [-0.1, -0.05) is 13.0 Å². The van der Waals surface area contributed by atoms with Crippen molar-refractivity contribution in [2.75, 3.05) is 20.2 Å². The van der Waals surface area contributed by atoms with Crippen molar-refractivity contribution in [1.29, 1.82) is 0 Å². The van der Waals surface area contributed by atoms with Gasteiger partial charge in [0.2, 0.25) is 0 Å². The van der Waals surface area contributed by atoms with E-state index in [9.17, 15) is 4.79 Å². The summed E-state index contributed by atoms with van der Waals surface area (Å²) < 4.78 is 4.66. The van der Waals surface area contributed by atoms with Crippen LogP contribution in [0.25, 0.3) is 0 Å². The first-order valence-corrected chi connectivity index (χ1v) is 5.63. The number of nitrogens with two attached hydrogens (primary N) is 1. The molecule has 5 heteroatoms. The maximum absolute atomic E-state index is 11.2. The van der Waals surface area contributed by atoms with Crippen molar-refractivity contribution < 1.29 is 9.53 Å². The monoisotopic (exact) mass is 237 g/mol. The molecule has 5 nitrogen and oxygen atoms in total. The second-order valence-corrected chi connectivity index (χ2v) is 3.69. The van der Waals surface area contributed by atoms with Gasteiger partial charge in [-0.2, -0.15) is 0 Å². The van der Waals surface area contributed by atoms with Crippen LogP contribution in [0.1, 0.15) is 18.2 Å². The van der Waals surface area contributed by atoms with Gasteiger partial charge in [0.25, 0.3) is 0 Å². The van der Waals surface area contributed by atoms with E-state index >= 15 is 0 Å². The zero-order valence-corrected chi connectivity index (χ0v) is 10.3. The smallest absolute Gasteiger partial charge is 0.319 e. The van der Waals surface area contributed by atoms with Crippen LogP contribution in [-0.4, -0.2) is 36.1 Å². The van der Waals surface area contributed by atoms with E-state index < -0.39 is 0 Å². The summed E-state index contributed by atoms with van der Waals surface area (Å²) in [5, 5.41) is 0. The maximum atomic E-state index is 11.2. The number of hydrogen-bond acceptors (Lipinski definition) is 5. The average molecular weight is 237 g/mol. The standard InChI is InChI=1S/C12H19N3O2/c1-3-15(9-12(16)17-2)8-10-5-4-6-14-11(10)7-13/h4-6H,3,7-9,13H2,1-2H3. The highest BCUT2D eigenvalue weighted by Gasteiger charge is 2.11. The summed E-state index contributed by atoms with van der Waals surface area (Å²) in [6.45, 7) is 4.12.